The van der Waals surface area contributed by atoms with Gasteiger partial charge in [0.2, 0.25) is 0 Å². The van der Waals surface area contributed by atoms with Gasteiger partial charge in [0, 0.05) is 36.2 Å². The van der Waals surface area contributed by atoms with Crippen molar-refractivity contribution in [3.8, 4) is 11.3 Å². The van der Waals surface area contributed by atoms with Crippen molar-refractivity contribution in [3.05, 3.63) is 40.5 Å². The maximum Gasteiger partial charge on any atom is 0.271 e. The molecule has 0 bridgehead atoms. The lowest BCUT2D eigenvalue weighted by molar-refractivity contribution is 0.0730. The van der Waals surface area contributed by atoms with Gasteiger partial charge in [-0.25, -0.2) is 0 Å². The number of H-pyrrole nitrogens is 1. The average Bonchev–Trinajstić information content (AvgIpc) is 2.98. The third-order valence-electron chi connectivity index (χ3n) is 3.35. The van der Waals surface area contributed by atoms with Gasteiger partial charge in [0.05, 0.1) is 5.69 Å². The van der Waals surface area contributed by atoms with Gasteiger partial charge in [0.25, 0.3) is 5.91 Å². The second-order valence-corrected chi connectivity index (χ2v) is 5.63. The number of amides is 1. The van der Waals surface area contributed by atoms with Crippen LogP contribution >= 0.6 is 15.9 Å². The molecule has 0 saturated carbocycles. The van der Waals surface area contributed by atoms with Crippen molar-refractivity contribution in [1.29, 1.82) is 0 Å². The van der Waals surface area contributed by atoms with Gasteiger partial charge in [0.15, 0.2) is 0 Å². The van der Waals surface area contributed by atoms with Crippen LogP contribution in [0.2, 0.25) is 0 Å². The van der Waals surface area contributed by atoms with E-state index in [1.54, 1.807) is 0 Å². The standard InChI is InChI=1S/C14H15BrN4O/c15-11-3-1-10(2-4-11)12-9-13(18-17-12)14(20)19-7-5-16-6-8-19/h1-4,9,16H,5-8H2,(H,17,18). The molecule has 2 aromatic rings. The van der Waals surface area contributed by atoms with E-state index in [1.165, 1.54) is 0 Å². The van der Waals surface area contributed by atoms with E-state index in [1.807, 2.05) is 35.2 Å². The van der Waals surface area contributed by atoms with Crippen LogP contribution in [0.3, 0.4) is 0 Å². The van der Waals surface area contributed by atoms with E-state index in [9.17, 15) is 4.79 Å². The van der Waals surface area contributed by atoms with Crippen molar-refractivity contribution in [2.24, 2.45) is 0 Å². The Balaban J connectivity index is 1.79. The van der Waals surface area contributed by atoms with Crippen molar-refractivity contribution in [3.63, 3.8) is 0 Å². The van der Waals surface area contributed by atoms with E-state index in [4.69, 9.17) is 0 Å². The van der Waals surface area contributed by atoms with Crippen molar-refractivity contribution in [2.45, 2.75) is 0 Å². The predicted octanol–water partition coefficient (Wildman–Crippen LogP) is 1.88. The van der Waals surface area contributed by atoms with Gasteiger partial charge in [-0.05, 0) is 18.2 Å². The molecule has 5 nitrogen and oxygen atoms in total. The van der Waals surface area contributed by atoms with Crippen LogP contribution in [-0.4, -0.2) is 47.2 Å². The number of carbonyl (C=O) groups excluding carboxylic acids is 1. The Bertz CT molecular complexity index is 602. The summed E-state index contributed by atoms with van der Waals surface area (Å²) in [6.45, 7) is 3.18. The van der Waals surface area contributed by atoms with Gasteiger partial charge in [-0.1, -0.05) is 28.1 Å². The number of benzene rings is 1. The number of halogens is 1. The first-order valence-electron chi connectivity index (χ1n) is 6.55. The molecular weight excluding hydrogens is 320 g/mol. The minimum atomic E-state index is 0.0161. The van der Waals surface area contributed by atoms with E-state index in [2.05, 4.69) is 31.4 Å². The third kappa shape index (κ3) is 2.76. The van der Waals surface area contributed by atoms with Crippen LogP contribution in [0.1, 0.15) is 10.5 Å². The van der Waals surface area contributed by atoms with Gasteiger partial charge in [-0.3, -0.25) is 9.89 Å². The van der Waals surface area contributed by atoms with Crippen LogP contribution in [0.5, 0.6) is 0 Å². The lowest BCUT2D eigenvalue weighted by Gasteiger charge is -2.26. The van der Waals surface area contributed by atoms with Crippen LogP contribution in [-0.2, 0) is 0 Å². The molecule has 0 atom stereocenters. The molecule has 1 aromatic carbocycles. The summed E-state index contributed by atoms with van der Waals surface area (Å²) < 4.78 is 1.02. The molecular formula is C14H15BrN4O. The Kier molecular flexibility index (Phi) is 3.84. The highest BCUT2D eigenvalue weighted by Gasteiger charge is 2.20. The predicted molar refractivity (Wildman–Crippen MR) is 80.5 cm³/mol. The maximum absolute atomic E-state index is 12.3. The highest BCUT2D eigenvalue weighted by molar-refractivity contribution is 9.10. The van der Waals surface area contributed by atoms with Crippen LogP contribution in [0.4, 0.5) is 0 Å². The fraction of sp³-hybridized carbons (Fsp3) is 0.286. The number of nitrogens with zero attached hydrogens (tertiary/aromatic N) is 2. The first kappa shape index (κ1) is 13.3. The minimum absolute atomic E-state index is 0.0161. The van der Waals surface area contributed by atoms with Gasteiger partial charge >= 0.3 is 0 Å². The summed E-state index contributed by atoms with van der Waals surface area (Å²) in [5.41, 5.74) is 2.32. The molecule has 1 fully saturated rings. The van der Waals surface area contributed by atoms with Crippen molar-refractivity contribution >= 4 is 21.8 Å². The van der Waals surface area contributed by atoms with Gasteiger partial charge in [0.1, 0.15) is 5.69 Å². The van der Waals surface area contributed by atoms with E-state index in [0.717, 1.165) is 41.9 Å². The molecule has 0 unspecified atom stereocenters. The number of carbonyl (C=O) groups is 1. The number of aromatic nitrogens is 2. The number of rotatable bonds is 2. The molecule has 0 spiro atoms. The molecule has 1 aliphatic heterocycles. The maximum atomic E-state index is 12.3. The number of hydrogen-bond acceptors (Lipinski definition) is 3. The highest BCUT2D eigenvalue weighted by Crippen LogP contribution is 2.20. The van der Waals surface area contributed by atoms with Gasteiger partial charge in [-0.2, -0.15) is 5.10 Å². The van der Waals surface area contributed by atoms with Crippen molar-refractivity contribution in [1.82, 2.24) is 20.4 Å². The summed E-state index contributed by atoms with van der Waals surface area (Å²) in [4.78, 5) is 14.2. The Hall–Kier alpha value is -1.66. The molecule has 6 heteroatoms. The lowest BCUT2D eigenvalue weighted by atomic mass is 10.1. The summed E-state index contributed by atoms with van der Waals surface area (Å²) in [6.07, 6.45) is 0. The number of piperazine rings is 1. The lowest BCUT2D eigenvalue weighted by Crippen LogP contribution is -2.46. The number of hydrogen-bond donors (Lipinski definition) is 2. The molecule has 2 heterocycles. The molecule has 104 valence electrons. The van der Waals surface area contributed by atoms with Crippen LogP contribution in [0, 0.1) is 0 Å². The second-order valence-electron chi connectivity index (χ2n) is 4.72. The monoisotopic (exact) mass is 334 g/mol. The van der Waals surface area contributed by atoms with E-state index in [-0.39, 0.29) is 5.91 Å². The molecule has 1 amide bonds. The molecule has 1 aromatic heterocycles. The minimum Gasteiger partial charge on any atom is -0.335 e. The highest BCUT2D eigenvalue weighted by atomic mass is 79.9. The molecule has 0 radical (unpaired) electrons. The summed E-state index contributed by atoms with van der Waals surface area (Å²) in [7, 11) is 0. The Morgan fingerprint density at radius 1 is 1.20 bits per heavy atom. The zero-order chi connectivity index (χ0) is 13.9. The van der Waals surface area contributed by atoms with E-state index >= 15 is 0 Å². The van der Waals surface area contributed by atoms with Gasteiger partial charge in [-0.15, -0.1) is 0 Å². The average molecular weight is 335 g/mol. The van der Waals surface area contributed by atoms with Crippen LogP contribution in [0.15, 0.2) is 34.8 Å². The molecule has 0 aliphatic carbocycles. The first-order chi connectivity index (χ1) is 9.74. The quantitative estimate of drug-likeness (QED) is 0.881. The van der Waals surface area contributed by atoms with Crippen molar-refractivity contribution in [2.75, 3.05) is 26.2 Å². The van der Waals surface area contributed by atoms with Crippen LogP contribution < -0.4 is 5.32 Å². The Labute approximate surface area is 125 Å². The normalized spacial score (nSPS) is 15.3. The van der Waals surface area contributed by atoms with Crippen molar-refractivity contribution < 1.29 is 4.79 Å². The molecule has 3 rings (SSSR count). The summed E-state index contributed by atoms with van der Waals surface area (Å²) in [5.74, 6) is 0.0161. The Morgan fingerprint density at radius 2 is 1.90 bits per heavy atom. The van der Waals surface area contributed by atoms with Gasteiger partial charge < -0.3 is 10.2 Å². The molecule has 20 heavy (non-hydrogen) atoms. The second kappa shape index (κ2) is 5.76. The summed E-state index contributed by atoms with van der Waals surface area (Å²) >= 11 is 3.40. The third-order valence-corrected chi connectivity index (χ3v) is 3.88. The fourth-order valence-electron chi connectivity index (χ4n) is 2.24. The van der Waals surface area contributed by atoms with E-state index < -0.39 is 0 Å². The smallest absolute Gasteiger partial charge is 0.271 e. The SMILES string of the molecule is O=C(c1cc(-c2ccc(Br)cc2)n[nH]1)N1CCNCC1. The van der Waals surface area contributed by atoms with E-state index in [0.29, 0.717) is 5.69 Å². The Morgan fingerprint density at radius 3 is 2.60 bits per heavy atom. The number of aromatic amines is 1. The summed E-state index contributed by atoms with van der Waals surface area (Å²) in [5, 5.41) is 10.3. The summed E-state index contributed by atoms with van der Waals surface area (Å²) in [6, 6.07) is 9.68. The topological polar surface area (TPSA) is 61.0 Å². The zero-order valence-electron chi connectivity index (χ0n) is 10.9. The number of nitrogens with one attached hydrogen (secondary N) is 2. The largest absolute Gasteiger partial charge is 0.335 e. The fourth-order valence-corrected chi connectivity index (χ4v) is 2.50. The molecule has 2 N–H and O–H groups in total. The molecule has 1 saturated heterocycles. The van der Waals surface area contributed by atoms with Crippen LogP contribution in [0.25, 0.3) is 11.3 Å². The first-order valence-corrected chi connectivity index (χ1v) is 7.35. The zero-order valence-corrected chi connectivity index (χ0v) is 12.5. The molecule has 1 aliphatic rings.